The van der Waals surface area contributed by atoms with E-state index in [4.69, 9.17) is 15.6 Å². The van der Waals surface area contributed by atoms with Gasteiger partial charge in [0.2, 0.25) is 0 Å². The van der Waals surface area contributed by atoms with E-state index >= 15 is 0 Å². The Morgan fingerprint density at radius 2 is 1.78 bits per heavy atom. The second kappa shape index (κ2) is 9.12. The maximum atomic E-state index is 12.9. The van der Waals surface area contributed by atoms with Gasteiger partial charge in [0.05, 0.1) is 12.3 Å². The Balaban J connectivity index is 1.82. The van der Waals surface area contributed by atoms with E-state index < -0.39 is 0 Å². The normalized spacial score (nSPS) is 10.7. The average Bonchev–Trinajstić information content (AvgIpc) is 2.55. The van der Waals surface area contributed by atoms with Crippen molar-refractivity contribution in [3.05, 3.63) is 59.4 Å². The van der Waals surface area contributed by atoms with Gasteiger partial charge < -0.3 is 20.9 Å². The number of hydrogen-bond donors (Lipinski definition) is 3. The van der Waals surface area contributed by atoms with Gasteiger partial charge in [0, 0.05) is 6.54 Å². The molecule has 0 aromatic heterocycles. The third-order valence-electron chi connectivity index (χ3n) is 3.49. The average molecular weight is 318 g/mol. The number of hydrogen-bond acceptors (Lipinski definition) is 4. The minimum atomic E-state index is -0.258. The summed E-state index contributed by atoms with van der Waals surface area (Å²) in [6, 6.07) is 12.0. The molecule has 0 saturated heterocycles. The number of aliphatic hydroxyl groups excluding tert-OH is 1. The molecule has 0 aliphatic heterocycles. The molecule has 0 saturated carbocycles. The van der Waals surface area contributed by atoms with Crippen LogP contribution < -0.4 is 15.8 Å². The lowest BCUT2D eigenvalue weighted by atomic mass is 10.1. The van der Waals surface area contributed by atoms with Crippen LogP contribution in [0.4, 0.5) is 10.1 Å². The summed E-state index contributed by atoms with van der Waals surface area (Å²) in [7, 11) is 0. The fourth-order valence-electron chi connectivity index (χ4n) is 2.25. The number of ether oxygens (including phenoxy) is 1. The van der Waals surface area contributed by atoms with E-state index in [1.54, 1.807) is 12.1 Å². The predicted molar refractivity (Wildman–Crippen MR) is 89.9 cm³/mol. The molecule has 124 valence electrons. The molecule has 2 aromatic rings. The zero-order valence-corrected chi connectivity index (χ0v) is 13.1. The smallest absolute Gasteiger partial charge is 0.142 e. The highest BCUT2D eigenvalue weighted by molar-refractivity contribution is 5.54. The van der Waals surface area contributed by atoms with Gasteiger partial charge in [-0.1, -0.05) is 18.2 Å². The fourth-order valence-corrected chi connectivity index (χ4v) is 2.25. The highest BCUT2D eigenvalue weighted by Gasteiger charge is 2.03. The van der Waals surface area contributed by atoms with Gasteiger partial charge in [0.15, 0.2) is 0 Å². The summed E-state index contributed by atoms with van der Waals surface area (Å²) in [4.78, 5) is 0. The molecule has 4 N–H and O–H groups in total. The highest BCUT2D eigenvalue weighted by Crippen LogP contribution is 2.24. The molecular weight excluding hydrogens is 295 g/mol. The van der Waals surface area contributed by atoms with Gasteiger partial charge >= 0.3 is 0 Å². The number of aryl methyl sites for hydroxylation is 1. The van der Waals surface area contributed by atoms with E-state index in [1.807, 2.05) is 18.2 Å². The van der Waals surface area contributed by atoms with Crippen LogP contribution in [0, 0.1) is 5.82 Å². The topological polar surface area (TPSA) is 67.5 Å². The Kier molecular flexibility index (Phi) is 6.84. The third-order valence-corrected chi connectivity index (χ3v) is 3.49. The zero-order chi connectivity index (χ0) is 16.5. The minimum Gasteiger partial charge on any atom is -0.487 e. The monoisotopic (exact) mass is 318 g/mol. The number of anilines is 1. The van der Waals surface area contributed by atoms with Gasteiger partial charge in [-0.25, -0.2) is 4.39 Å². The first-order chi connectivity index (χ1) is 11.2. The third kappa shape index (κ3) is 5.88. The standard InChI is InChI=1S/C18H23FN2O2/c19-16-6-3-15(4-7-16)13-23-18-8-5-14(12-17(18)20)2-1-9-21-10-11-22/h3-8,12,21-22H,1-2,9-11,13,20H2. The number of aliphatic hydroxyl groups is 1. The van der Waals surface area contributed by atoms with Gasteiger partial charge in [0.25, 0.3) is 0 Å². The van der Waals surface area contributed by atoms with Crippen LogP contribution in [0.2, 0.25) is 0 Å². The molecule has 0 unspecified atom stereocenters. The van der Waals surface area contributed by atoms with Crippen LogP contribution in [0.5, 0.6) is 5.75 Å². The summed E-state index contributed by atoms with van der Waals surface area (Å²) in [5.74, 6) is 0.377. The van der Waals surface area contributed by atoms with E-state index in [-0.39, 0.29) is 12.4 Å². The zero-order valence-electron chi connectivity index (χ0n) is 13.1. The van der Waals surface area contributed by atoms with Crippen LogP contribution in [0.1, 0.15) is 17.5 Å². The molecular formula is C18H23FN2O2. The number of halogens is 1. The molecule has 0 fully saturated rings. The lowest BCUT2D eigenvalue weighted by Gasteiger charge is -2.11. The maximum absolute atomic E-state index is 12.9. The maximum Gasteiger partial charge on any atom is 0.142 e. The molecule has 2 rings (SSSR count). The van der Waals surface area contributed by atoms with E-state index in [0.29, 0.717) is 24.6 Å². The molecule has 23 heavy (non-hydrogen) atoms. The molecule has 5 heteroatoms. The molecule has 4 nitrogen and oxygen atoms in total. The van der Waals surface area contributed by atoms with Crippen molar-refractivity contribution in [2.24, 2.45) is 0 Å². The largest absolute Gasteiger partial charge is 0.487 e. The lowest BCUT2D eigenvalue weighted by Crippen LogP contribution is -2.19. The Bertz CT molecular complexity index is 602. The first-order valence-corrected chi connectivity index (χ1v) is 7.76. The molecule has 0 atom stereocenters. The van der Waals surface area contributed by atoms with E-state index in [2.05, 4.69) is 5.32 Å². The molecule has 0 aliphatic rings. The number of nitrogen functional groups attached to an aromatic ring is 1. The van der Waals surface area contributed by atoms with Crippen LogP contribution in [0.25, 0.3) is 0 Å². The second-order valence-corrected chi connectivity index (χ2v) is 5.36. The predicted octanol–water partition coefficient (Wildman–Crippen LogP) is 2.50. The Labute approximate surface area is 136 Å². The van der Waals surface area contributed by atoms with Crippen LogP contribution in [0.3, 0.4) is 0 Å². The summed E-state index contributed by atoms with van der Waals surface area (Å²) >= 11 is 0. The Morgan fingerprint density at radius 3 is 2.48 bits per heavy atom. The van der Waals surface area contributed by atoms with Crippen molar-refractivity contribution in [3.63, 3.8) is 0 Å². The molecule has 2 aromatic carbocycles. The molecule has 0 amide bonds. The molecule has 0 spiro atoms. The Hall–Kier alpha value is -2.11. The molecule has 0 radical (unpaired) electrons. The number of benzene rings is 2. The van der Waals surface area contributed by atoms with Gasteiger partial charge in [0.1, 0.15) is 18.2 Å². The van der Waals surface area contributed by atoms with Crippen LogP contribution in [-0.4, -0.2) is 24.8 Å². The lowest BCUT2D eigenvalue weighted by molar-refractivity contribution is 0.292. The summed E-state index contributed by atoms with van der Waals surface area (Å²) < 4.78 is 18.5. The van der Waals surface area contributed by atoms with E-state index in [0.717, 1.165) is 30.5 Å². The van der Waals surface area contributed by atoms with E-state index in [9.17, 15) is 4.39 Å². The summed E-state index contributed by atoms with van der Waals surface area (Å²) in [6.07, 6.45) is 1.90. The van der Waals surface area contributed by atoms with Crippen LogP contribution in [-0.2, 0) is 13.0 Å². The first kappa shape index (κ1) is 17.2. The van der Waals surface area contributed by atoms with Gasteiger partial charge in [-0.3, -0.25) is 0 Å². The quantitative estimate of drug-likeness (QED) is 0.491. The molecule has 0 bridgehead atoms. The Morgan fingerprint density at radius 1 is 1.04 bits per heavy atom. The highest BCUT2D eigenvalue weighted by atomic mass is 19.1. The van der Waals surface area contributed by atoms with Crippen molar-refractivity contribution in [1.82, 2.24) is 5.32 Å². The minimum absolute atomic E-state index is 0.160. The van der Waals surface area contributed by atoms with Gasteiger partial charge in [-0.15, -0.1) is 0 Å². The van der Waals surface area contributed by atoms with Crippen LogP contribution >= 0.6 is 0 Å². The fraction of sp³-hybridized carbons (Fsp3) is 0.333. The van der Waals surface area contributed by atoms with Gasteiger partial charge in [-0.05, 0) is 54.8 Å². The van der Waals surface area contributed by atoms with Gasteiger partial charge in [-0.2, -0.15) is 0 Å². The SMILES string of the molecule is Nc1cc(CCCNCCO)ccc1OCc1ccc(F)cc1. The van der Waals surface area contributed by atoms with Crippen molar-refractivity contribution in [3.8, 4) is 5.75 Å². The van der Waals surface area contributed by atoms with Crippen molar-refractivity contribution < 1.29 is 14.2 Å². The summed E-state index contributed by atoms with van der Waals surface area (Å²) in [5.41, 5.74) is 8.68. The van der Waals surface area contributed by atoms with Crippen molar-refractivity contribution in [1.29, 1.82) is 0 Å². The van der Waals surface area contributed by atoms with E-state index in [1.165, 1.54) is 12.1 Å². The van der Waals surface area contributed by atoms with Crippen molar-refractivity contribution >= 4 is 5.69 Å². The summed E-state index contributed by atoms with van der Waals surface area (Å²) in [5, 5.41) is 11.8. The number of nitrogens with one attached hydrogen (secondary N) is 1. The van der Waals surface area contributed by atoms with Crippen molar-refractivity contribution in [2.75, 3.05) is 25.4 Å². The second-order valence-electron chi connectivity index (χ2n) is 5.36. The molecule has 0 aliphatic carbocycles. The summed E-state index contributed by atoms with van der Waals surface area (Å²) in [6.45, 7) is 2.00. The van der Waals surface area contributed by atoms with Crippen LogP contribution in [0.15, 0.2) is 42.5 Å². The number of nitrogens with two attached hydrogens (primary N) is 1. The molecule has 0 heterocycles. The van der Waals surface area contributed by atoms with Crippen molar-refractivity contribution in [2.45, 2.75) is 19.4 Å². The number of rotatable bonds is 9. The first-order valence-electron chi connectivity index (χ1n) is 7.76.